The molecule has 3 heteroatoms. The molecular weight excluding hydrogens is 236 g/mol. The Kier molecular flexibility index (Phi) is 4.59. The first-order valence-corrected chi connectivity index (χ1v) is 7.24. The van der Waals surface area contributed by atoms with Gasteiger partial charge in [0.1, 0.15) is 12.0 Å². The highest BCUT2D eigenvalue weighted by molar-refractivity contribution is 5.74. The number of aliphatic imine (C=N–C) groups is 1. The molecule has 0 aliphatic carbocycles. The lowest BCUT2D eigenvalue weighted by molar-refractivity contribution is 0.00209. The van der Waals surface area contributed by atoms with Crippen LogP contribution in [0.5, 0.6) is 0 Å². The number of rotatable bonds is 5. The third-order valence-electron chi connectivity index (χ3n) is 3.80. The van der Waals surface area contributed by atoms with Gasteiger partial charge in [0.15, 0.2) is 0 Å². The van der Waals surface area contributed by atoms with Crippen LogP contribution in [0.1, 0.15) is 58.2 Å². The van der Waals surface area contributed by atoms with E-state index >= 15 is 0 Å². The Labute approximate surface area is 116 Å². The van der Waals surface area contributed by atoms with Crippen LogP contribution in [0, 0.1) is 0 Å². The molecule has 0 bridgehead atoms. The summed E-state index contributed by atoms with van der Waals surface area (Å²) in [5.74, 6) is 0.983. The van der Waals surface area contributed by atoms with E-state index in [1.165, 1.54) is 0 Å². The average molecular weight is 260 g/mol. The predicted octanol–water partition coefficient (Wildman–Crippen LogP) is 4.72. The maximum Gasteiger partial charge on any atom is 0.141 e. The molecule has 1 aromatic heterocycles. The monoisotopic (exact) mass is 260 g/mol. The number of aromatic nitrogens is 1. The number of hydrogen-bond donors (Lipinski definition) is 0. The van der Waals surface area contributed by atoms with Crippen molar-refractivity contribution in [2.45, 2.75) is 58.8 Å². The summed E-state index contributed by atoms with van der Waals surface area (Å²) in [5, 5.41) is 0. The Morgan fingerprint density at radius 1 is 1.53 bits per heavy atom. The van der Waals surface area contributed by atoms with Gasteiger partial charge in [0.2, 0.25) is 0 Å². The molecule has 0 spiro atoms. The molecule has 19 heavy (non-hydrogen) atoms. The normalized spacial score (nSPS) is 23.3. The van der Waals surface area contributed by atoms with E-state index in [9.17, 15) is 0 Å². The van der Waals surface area contributed by atoms with Gasteiger partial charge in [-0.1, -0.05) is 20.4 Å². The smallest absolute Gasteiger partial charge is 0.141 e. The van der Waals surface area contributed by atoms with Gasteiger partial charge >= 0.3 is 0 Å². The van der Waals surface area contributed by atoms with Crippen LogP contribution in [-0.4, -0.2) is 16.9 Å². The molecule has 1 saturated heterocycles. The molecule has 0 radical (unpaired) electrons. The molecule has 2 unspecified atom stereocenters. The minimum Gasteiger partial charge on any atom is -0.355 e. The summed E-state index contributed by atoms with van der Waals surface area (Å²) in [4.78, 5) is 4.53. The summed E-state index contributed by atoms with van der Waals surface area (Å²) in [6, 6.07) is 2.11. The van der Waals surface area contributed by atoms with Crippen molar-refractivity contribution in [3.8, 4) is 0 Å². The maximum atomic E-state index is 6.07. The van der Waals surface area contributed by atoms with Crippen molar-refractivity contribution in [1.29, 1.82) is 0 Å². The molecule has 2 heterocycles. The van der Waals surface area contributed by atoms with Gasteiger partial charge in [-0.3, -0.25) is 0 Å². The van der Waals surface area contributed by atoms with Crippen LogP contribution in [0.2, 0.25) is 0 Å². The van der Waals surface area contributed by atoms with E-state index < -0.39 is 0 Å². The van der Waals surface area contributed by atoms with Crippen molar-refractivity contribution in [3.63, 3.8) is 0 Å². The second-order valence-corrected chi connectivity index (χ2v) is 5.00. The number of allylic oxidation sites excluding steroid dienone is 1. The van der Waals surface area contributed by atoms with E-state index in [-0.39, 0.29) is 6.23 Å². The average Bonchev–Trinajstić information content (AvgIpc) is 3.04. The van der Waals surface area contributed by atoms with Crippen LogP contribution in [0.15, 0.2) is 23.8 Å². The number of ether oxygens (including phenoxy) is 1. The van der Waals surface area contributed by atoms with Crippen LogP contribution in [0.4, 0.5) is 5.82 Å². The summed E-state index contributed by atoms with van der Waals surface area (Å²) >= 11 is 0. The topological polar surface area (TPSA) is 26.5 Å². The standard InChI is InChI=1S/C16H24N2O/c1-5-12(4)14-10-11-18(16(14)17-7-3)15-9-8-13(6-2)19-15/h7,10-11,13,15H,4-6,8-9H2,1-3H3. The zero-order chi connectivity index (χ0) is 13.8. The molecule has 0 aromatic carbocycles. The van der Waals surface area contributed by atoms with E-state index in [1.54, 1.807) is 0 Å². The molecule has 1 fully saturated rings. The van der Waals surface area contributed by atoms with Crippen molar-refractivity contribution in [2.24, 2.45) is 4.99 Å². The Bertz CT molecular complexity index is 473. The van der Waals surface area contributed by atoms with Crippen molar-refractivity contribution in [1.82, 2.24) is 4.57 Å². The SMILES string of the molecule is C=C(CC)c1ccn(C2CCC(CC)O2)c1N=CC. The molecule has 0 N–H and O–H groups in total. The highest BCUT2D eigenvalue weighted by Crippen LogP contribution is 2.37. The fourth-order valence-corrected chi connectivity index (χ4v) is 2.59. The molecule has 0 saturated carbocycles. The first-order chi connectivity index (χ1) is 9.21. The fraction of sp³-hybridized carbons (Fsp3) is 0.562. The molecule has 0 amide bonds. The van der Waals surface area contributed by atoms with E-state index in [0.29, 0.717) is 6.10 Å². The molecule has 1 aromatic rings. The quantitative estimate of drug-likeness (QED) is 0.703. The molecule has 2 atom stereocenters. The van der Waals surface area contributed by atoms with Crippen LogP contribution in [0.3, 0.4) is 0 Å². The van der Waals surface area contributed by atoms with Crippen molar-refractivity contribution in [3.05, 3.63) is 24.4 Å². The zero-order valence-electron chi connectivity index (χ0n) is 12.2. The molecule has 1 aliphatic heterocycles. The van der Waals surface area contributed by atoms with Gasteiger partial charge in [0, 0.05) is 18.0 Å². The summed E-state index contributed by atoms with van der Waals surface area (Å²) in [5.41, 5.74) is 2.27. The minimum absolute atomic E-state index is 0.127. The Hall–Kier alpha value is -1.35. The fourth-order valence-electron chi connectivity index (χ4n) is 2.59. The van der Waals surface area contributed by atoms with Gasteiger partial charge in [0.05, 0.1) is 6.10 Å². The summed E-state index contributed by atoms with van der Waals surface area (Å²) in [6.45, 7) is 10.4. The van der Waals surface area contributed by atoms with Gasteiger partial charge in [-0.05, 0) is 44.2 Å². The molecule has 1 aliphatic rings. The van der Waals surface area contributed by atoms with Gasteiger partial charge in [-0.2, -0.15) is 0 Å². The van der Waals surface area contributed by atoms with E-state index in [1.807, 2.05) is 13.1 Å². The van der Waals surface area contributed by atoms with Crippen LogP contribution < -0.4 is 0 Å². The molecular formula is C16H24N2O. The zero-order valence-corrected chi connectivity index (χ0v) is 12.2. The highest BCUT2D eigenvalue weighted by atomic mass is 16.5. The van der Waals surface area contributed by atoms with Gasteiger partial charge in [-0.15, -0.1) is 0 Å². The van der Waals surface area contributed by atoms with Crippen LogP contribution >= 0.6 is 0 Å². The second kappa shape index (κ2) is 6.20. The summed E-state index contributed by atoms with van der Waals surface area (Å²) in [6.07, 6.45) is 8.67. The predicted molar refractivity (Wildman–Crippen MR) is 81.0 cm³/mol. The second-order valence-electron chi connectivity index (χ2n) is 5.00. The summed E-state index contributed by atoms with van der Waals surface area (Å²) in [7, 11) is 0. The van der Waals surface area contributed by atoms with Crippen LogP contribution in [-0.2, 0) is 4.74 Å². The minimum atomic E-state index is 0.127. The maximum absolute atomic E-state index is 6.07. The number of hydrogen-bond acceptors (Lipinski definition) is 2. The lowest BCUT2D eigenvalue weighted by Gasteiger charge is -2.16. The Balaban J connectivity index is 2.30. The first kappa shape index (κ1) is 14.1. The molecule has 3 nitrogen and oxygen atoms in total. The first-order valence-electron chi connectivity index (χ1n) is 7.24. The van der Waals surface area contributed by atoms with Gasteiger partial charge in [-0.25, -0.2) is 4.99 Å². The number of nitrogens with zero attached hydrogens (tertiary/aromatic N) is 2. The Morgan fingerprint density at radius 2 is 2.32 bits per heavy atom. The summed E-state index contributed by atoms with van der Waals surface area (Å²) < 4.78 is 8.23. The lowest BCUT2D eigenvalue weighted by Crippen LogP contribution is -2.09. The molecule has 2 rings (SSSR count). The van der Waals surface area contributed by atoms with Crippen molar-refractivity contribution < 1.29 is 4.74 Å². The van der Waals surface area contributed by atoms with Gasteiger partial charge in [0.25, 0.3) is 0 Å². The van der Waals surface area contributed by atoms with E-state index in [2.05, 4.69) is 42.2 Å². The lowest BCUT2D eigenvalue weighted by atomic mass is 10.1. The Morgan fingerprint density at radius 3 is 2.89 bits per heavy atom. The van der Waals surface area contributed by atoms with Crippen molar-refractivity contribution in [2.75, 3.05) is 0 Å². The third-order valence-corrected chi connectivity index (χ3v) is 3.80. The third kappa shape index (κ3) is 2.81. The highest BCUT2D eigenvalue weighted by Gasteiger charge is 2.27. The molecule has 104 valence electrons. The van der Waals surface area contributed by atoms with Crippen molar-refractivity contribution >= 4 is 17.6 Å². The van der Waals surface area contributed by atoms with E-state index in [4.69, 9.17) is 4.74 Å². The van der Waals surface area contributed by atoms with Gasteiger partial charge < -0.3 is 9.30 Å². The largest absolute Gasteiger partial charge is 0.355 e. The van der Waals surface area contributed by atoms with Crippen LogP contribution in [0.25, 0.3) is 5.57 Å². The van der Waals surface area contributed by atoms with E-state index in [0.717, 1.165) is 42.6 Å².